The first-order chi connectivity index (χ1) is 8.52. The molecule has 98 valence electrons. The second-order valence-electron chi connectivity index (χ2n) is 4.60. The van der Waals surface area contributed by atoms with Crippen LogP contribution in [-0.4, -0.2) is 11.1 Å². The average Bonchev–Trinajstić information content (AvgIpc) is 2.36. The molecule has 0 spiro atoms. The van der Waals surface area contributed by atoms with Crippen molar-refractivity contribution >= 4 is 33.5 Å². The number of halogens is 3. The van der Waals surface area contributed by atoms with Gasteiger partial charge < -0.3 is 5.11 Å². The topological polar surface area (TPSA) is 37.3 Å². The Morgan fingerprint density at radius 1 is 1.39 bits per heavy atom. The van der Waals surface area contributed by atoms with Gasteiger partial charge >= 0.3 is 5.97 Å². The molecule has 2 atom stereocenters. The molecule has 1 aliphatic rings. The first-order valence-corrected chi connectivity index (χ1v) is 7.05. The Bertz CT molecular complexity index is 478. The van der Waals surface area contributed by atoms with E-state index in [1.165, 1.54) is 0 Å². The predicted molar refractivity (Wildman–Crippen MR) is 71.4 cm³/mol. The Balaban J connectivity index is 2.40. The summed E-state index contributed by atoms with van der Waals surface area (Å²) < 4.78 is 14.6. The molecule has 1 aromatic rings. The summed E-state index contributed by atoms with van der Waals surface area (Å²) in [6.45, 7) is 0. The fraction of sp³-hybridized carbons (Fsp3) is 0.462. The van der Waals surface area contributed by atoms with Crippen molar-refractivity contribution in [3.05, 3.63) is 33.0 Å². The maximum Gasteiger partial charge on any atom is 0.307 e. The molecule has 1 aliphatic carbocycles. The molecule has 1 aromatic carbocycles. The third-order valence-electron chi connectivity index (χ3n) is 3.55. The smallest absolute Gasteiger partial charge is 0.307 e. The molecule has 1 saturated carbocycles. The molecular formula is C13H13BrClFO2. The Morgan fingerprint density at radius 2 is 2.06 bits per heavy atom. The number of hydrogen-bond acceptors (Lipinski definition) is 1. The van der Waals surface area contributed by atoms with Gasteiger partial charge in [0.1, 0.15) is 5.82 Å². The van der Waals surface area contributed by atoms with Gasteiger partial charge in [0.2, 0.25) is 0 Å². The minimum Gasteiger partial charge on any atom is -0.481 e. The Hall–Kier alpha value is -0.610. The van der Waals surface area contributed by atoms with Crippen LogP contribution in [0.25, 0.3) is 0 Å². The van der Waals surface area contributed by atoms with E-state index in [-0.39, 0.29) is 10.9 Å². The zero-order chi connectivity index (χ0) is 13.3. The van der Waals surface area contributed by atoms with E-state index in [4.69, 9.17) is 11.6 Å². The molecule has 0 saturated heterocycles. The van der Waals surface area contributed by atoms with Crippen LogP contribution in [0.5, 0.6) is 0 Å². The van der Waals surface area contributed by atoms with E-state index in [0.29, 0.717) is 22.9 Å². The molecule has 5 heteroatoms. The molecule has 1 N–H and O–H groups in total. The van der Waals surface area contributed by atoms with Crippen LogP contribution in [0, 0.1) is 11.7 Å². The van der Waals surface area contributed by atoms with Crippen LogP contribution < -0.4 is 0 Å². The van der Waals surface area contributed by atoms with Crippen molar-refractivity contribution in [1.82, 2.24) is 0 Å². The second-order valence-corrected chi connectivity index (χ2v) is 5.83. The van der Waals surface area contributed by atoms with Gasteiger partial charge in [-0.2, -0.15) is 0 Å². The molecule has 2 unspecified atom stereocenters. The van der Waals surface area contributed by atoms with Crippen molar-refractivity contribution in [2.75, 3.05) is 0 Å². The summed E-state index contributed by atoms with van der Waals surface area (Å²) in [6, 6.07) is 3.31. The summed E-state index contributed by atoms with van der Waals surface area (Å²) in [7, 11) is 0. The van der Waals surface area contributed by atoms with Gasteiger partial charge in [-0.15, -0.1) is 0 Å². The van der Waals surface area contributed by atoms with Crippen LogP contribution in [0.3, 0.4) is 0 Å². The van der Waals surface area contributed by atoms with Crippen LogP contribution in [0.4, 0.5) is 4.39 Å². The number of benzene rings is 1. The van der Waals surface area contributed by atoms with Gasteiger partial charge in [0.15, 0.2) is 0 Å². The third kappa shape index (κ3) is 2.54. The van der Waals surface area contributed by atoms with Crippen LogP contribution in [0.15, 0.2) is 16.6 Å². The molecule has 0 aromatic heterocycles. The second kappa shape index (κ2) is 5.57. The van der Waals surface area contributed by atoms with Gasteiger partial charge in [-0.05, 0) is 40.4 Å². The first kappa shape index (κ1) is 13.8. The number of hydrogen-bond donors (Lipinski definition) is 1. The molecule has 18 heavy (non-hydrogen) atoms. The predicted octanol–water partition coefficient (Wildman–Crippen LogP) is 4.60. The van der Waals surface area contributed by atoms with E-state index >= 15 is 0 Å². The SMILES string of the molecule is O=C(O)C1CCCCC1c1ccc(Br)c(Cl)c1F. The van der Waals surface area contributed by atoms with Gasteiger partial charge in [-0.3, -0.25) is 4.79 Å². The van der Waals surface area contributed by atoms with Gasteiger partial charge in [-0.25, -0.2) is 4.39 Å². The lowest BCUT2D eigenvalue weighted by atomic mass is 9.75. The van der Waals surface area contributed by atoms with Crippen LogP contribution in [0.2, 0.25) is 5.02 Å². The Kier molecular flexibility index (Phi) is 4.28. The Labute approximate surface area is 118 Å². The maximum atomic E-state index is 14.1. The summed E-state index contributed by atoms with van der Waals surface area (Å²) in [5, 5.41) is 9.25. The standard InChI is InChI=1S/C13H13BrClFO2/c14-10-6-5-8(12(16)11(10)15)7-3-1-2-4-9(7)13(17)18/h5-7,9H,1-4H2,(H,17,18). The average molecular weight is 336 g/mol. The largest absolute Gasteiger partial charge is 0.481 e. The minimum atomic E-state index is -0.849. The molecule has 0 radical (unpaired) electrons. The molecule has 2 nitrogen and oxygen atoms in total. The van der Waals surface area contributed by atoms with Crippen molar-refractivity contribution in [2.24, 2.45) is 5.92 Å². The first-order valence-electron chi connectivity index (χ1n) is 5.88. The van der Waals surface area contributed by atoms with E-state index in [0.717, 1.165) is 12.8 Å². The van der Waals surface area contributed by atoms with Crippen molar-refractivity contribution in [3.63, 3.8) is 0 Å². The number of rotatable bonds is 2. The number of carbonyl (C=O) groups is 1. The normalized spacial score (nSPS) is 23.9. The summed E-state index contributed by atoms with van der Waals surface area (Å²) in [5.74, 6) is -2.13. The van der Waals surface area contributed by atoms with E-state index in [2.05, 4.69) is 15.9 Å². The number of carboxylic acids is 1. The summed E-state index contributed by atoms with van der Waals surface area (Å²) in [5.41, 5.74) is 0.426. The quantitative estimate of drug-likeness (QED) is 0.802. The van der Waals surface area contributed by atoms with E-state index in [1.54, 1.807) is 12.1 Å². The van der Waals surface area contributed by atoms with Gasteiger partial charge in [0, 0.05) is 10.4 Å². The molecule has 0 heterocycles. The van der Waals surface area contributed by atoms with Crippen molar-refractivity contribution in [3.8, 4) is 0 Å². The monoisotopic (exact) mass is 334 g/mol. The van der Waals surface area contributed by atoms with Crippen molar-refractivity contribution < 1.29 is 14.3 Å². The summed E-state index contributed by atoms with van der Waals surface area (Å²) >= 11 is 9.02. The van der Waals surface area contributed by atoms with Gasteiger partial charge in [0.05, 0.1) is 10.9 Å². The maximum absolute atomic E-state index is 14.1. The zero-order valence-electron chi connectivity index (χ0n) is 9.63. The van der Waals surface area contributed by atoms with Crippen LogP contribution in [-0.2, 0) is 4.79 Å². The van der Waals surface area contributed by atoms with Crippen LogP contribution in [0.1, 0.15) is 37.2 Å². The lowest BCUT2D eigenvalue weighted by Crippen LogP contribution is -2.26. The number of carboxylic acid groups (broad SMARTS) is 1. The van der Waals surface area contributed by atoms with Crippen LogP contribution >= 0.6 is 27.5 Å². The molecule has 0 bridgehead atoms. The molecule has 2 rings (SSSR count). The molecule has 0 aliphatic heterocycles. The minimum absolute atomic E-state index is 0.0298. The fourth-order valence-electron chi connectivity index (χ4n) is 2.63. The fourth-order valence-corrected chi connectivity index (χ4v) is 3.10. The summed E-state index contributed by atoms with van der Waals surface area (Å²) in [4.78, 5) is 11.2. The highest BCUT2D eigenvalue weighted by atomic mass is 79.9. The molecule has 0 amide bonds. The Morgan fingerprint density at radius 3 is 2.72 bits per heavy atom. The van der Waals surface area contributed by atoms with E-state index in [9.17, 15) is 14.3 Å². The lowest BCUT2D eigenvalue weighted by Gasteiger charge is -2.29. The van der Waals surface area contributed by atoms with Gasteiger partial charge in [-0.1, -0.05) is 30.5 Å². The van der Waals surface area contributed by atoms with Crippen molar-refractivity contribution in [2.45, 2.75) is 31.6 Å². The molecular weight excluding hydrogens is 322 g/mol. The summed E-state index contributed by atoms with van der Waals surface area (Å²) in [6.07, 6.45) is 3.12. The van der Waals surface area contributed by atoms with Gasteiger partial charge in [0.25, 0.3) is 0 Å². The highest BCUT2D eigenvalue weighted by molar-refractivity contribution is 9.10. The lowest BCUT2D eigenvalue weighted by molar-refractivity contribution is -0.143. The van der Waals surface area contributed by atoms with Crippen molar-refractivity contribution in [1.29, 1.82) is 0 Å². The zero-order valence-corrected chi connectivity index (χ0v) is 12.0. The van der Waals surface area contributed by atoms with E-state index < -0.39 is 17.7 Å². The third-order valence-corrected chi connectivity index (χ3v) is 4.81. The van der Waals surface area contributed by atoms with E-state index in [1.807, 2.05) is 0 Å². The molecule has 1 fully saturated rings. The highest BCUT2D eigenvalue weighted by Crippen LogP contribution is 2.41. The number of aliphatic carboxylic acids is 1. The highest BCUT2D eigenvalue weighted by Gasteiger charge is 2.34.